The van der Waals surface area contributed by atoms with Crippen molar-refractivity contribution in [2.75, 3.05) is 31.6 Å². The van der Waals surface area contributed by atoms with Crippen LogP contribution in [-0.2, 0) is 14.8 Å². The number of rotatable bonds is 10. The van der Waals surface area contributed by atoms with E-state index in [4.69, 9.17) is 0 Å². The third kappa shape index (κ3) is 7.08. The highest BCUT2D eigenvalue weighted by Gasteiger charge is 2.27. The number of sulfonamides is 1. The summed E-state index contributed by atoms with van der Waals surface area (Å²) in [6, 6.07) is 18.6. The molecule has 0 heterocycles. The van der Waals surface area contributed by atoms with Gasteiger partial charge in [0.2, 0.25) is 15.9 Å². The topological polar surface area (TPSA) is 78.5 Å². The van der Waals surface area contributed by atoms with E-state index in [-0.39, 0.29) is 17.7 Å². The van der Waals surface area contributed by atoms with Gasteiger partial charge in [-0.05, 0) is 62.3 Å². The molecule has 1 saturated carbocycles. The predicted molar refractivity (Wildman–Crippen MR) is 124 cm³/mol. The van der Waals surface area contributed by atoms with Gasteiger partial charge in [0, 0.05) is 38.3 Å². The molecule has 0 aromatic heterocycles. The van der Waals surface area contributed by atoms with Gasteiger partial charge in [-0.15, -0.1) is 0 Å². The Bertz CT molecular complexity index is 912. The van der Waals surface area contributed by atoms with Crippen LogP contribution in [0.2, 0.25) is 0 Å². The minimum Gasteiger partial charge on any atom is -0.375 e. The van der Waals surface area contributed by atoms with Crippen LogP contribution in [0.3, 0.4) is 0 Å². The first-order valence-electron chi connectivity index (χ1n) is 11.0. The molecule has 2 aromatic rings. The summed E-state index contributed by atoms with van der Waals surface area (Å²) in [5, 5.41) is 3.07. The molecule has 0 aliphatic heterocycles. The van der Waals surface area contributed by atoms with E-state index in [1.165, 1.54) is 5.69 Å². The van der Waals surface area contributed by atoms with Gasteiger partial charge >= 0.3 is 0 Å². The Labute approximate surface area is 186 Å². The van der Waals surface area contributed by atoms with Crippen LogP contribution in [0.4, 0.5) is 5.69 Å². The monoisotopic (exact) mass is 443 g/mol. The summed E-state index contributed by atoms with van der Waals surface area (Å²) in [7, 11) is -1.40. The van der Waals surface area contributed by atoms with Crippen molar-refractivity contribution >= 4 is 21.6 Å². The maximum absolute atomic E-state index is 12.5. The average molecular weight is 444 g/mol. The molecule has 0 saturated heterocycles. The van der Waals surface area contributed by atoms with Crippen LogP contribution in [0, 0.1) is 11.8 Å². The molecule has 2 aromatic carbocycles. The van der Waals surface area contributed by atoms with Gasteiger partial charge in [0.15, 0.2) is 0 Å². The van der Waals surface area contributed by atoms with Gasteiger partial charge in [0.25, 0.3) is 0 Å². The van der Waals surface area contributed by atoms with Gasteiger partial charge in [-0.1, -0.05) is 36.4 Å². The lowest BCUT2D eigenvalue weighted by molar-refractivity contribution is -0.126. The van der Waals surface area contributed by atoms with Crippen molar-refractivity contribution in [3.63, 3.8) is 0 Å². The van der Waals surface area contributed by atoms with Gasteiger partial charge in [-0.2, -0.15) is 0 Å². The lowest BCUT2D eigenvalue weighted by Crippen LogP contribution is -2.37. The SMILES string of the molecule is CN(CCCNC(=O)C1CCC(CNS(=O)(=O)c2ccccc2)CC1)c1ccccc1. The number of carbonyl (C=O) groups excluding carboxylic acids is 1. The standard InChI is InChI=1S/C24H33N3O3S/c1-27(22-9-4-2-5-10-22)18-8-17-25-24(28)21-15-13-20(14-16-21)19-26-31(29,30)23-11-6-3-7-12-23/h2-7,9-12,20-21,26H,8,13-19H2,1H3,(H,25,28). The molecule has 0 unspecified atom stereocenters. The number of nitrogens with zero attached hydrogens (tertiary/aromatic N) is 1. The maximum Gasteiger partial charge on any atom is 0.240 e. The first-order valence-corrected chi connectivity index (χ1v) is 12.5. The van der Waals surface area contributed by atoms with E-state index < -0.39 is 10.0 Å². The molecule has 3 rings (SSSR count). The molecule has 31 heavy (non-hydrogen) atoms. The quantitative estimate of drug-likeness (QED) is 0.552. The maximum atomic E-state index is 12.5. The van der Waals surface area contributed by atoms with Crippen molar-refractivity contribution in [2.45, 2.75) is 37.0 Å². The smallest absolute Gasteiger partial charge is 0.240 e. The molecule has 0 atom stereocenters. The number of benzene rings is 2. The minimum atomic E-state index is -3.46. The molecule has 2 N–H and O–H groups in total. The molecule has 1 fully saturated rings. The number of hydrogen-bond acceptors (Lipinski definition) is 4. The highest BCUT2D eigenvalue weighted by atomic mass is 32.2. The molecule has 0 bridgehead atoms. The zero-order valence-corrected chi connectivity index (χ0v) is 19.0. The van der Waals surface area contributed by atoms with Crippen LogP contribution < -0.4 is 14.9 Å². The Morgan fingerprint density at radius 3 is 2.23 bits per heavy atom. The van der Waals surface area contributed by atoms with E-state index in [0.717, 1.165) is 38.6 Å². The summed E-state index contributed by atoms with van der Waals surface area (Å²) >= 11 is 0. The van der Waals surface area contributed by atoms with Crippen molar-refractivity contribution in [3.05, 3.63) is 60.7 Å². The van der Waals surface area contributed by atoms with E-state index in [0.29, 0.717) is 18.0 Å². The molecule has 6 nitrogen and oxygen atoms in total. The molecule has 0 radical (unpaired) electrons. The lowest BCUT2D eigenvalue weighted by atomic mass is 9.81. The molecule has 0 spiro atoms. The minimum absolute atomic E-state index is 0.0360. The Balaban J connectivity index is 1.32. The first kappa shape index (κ1) is 23.3. The normalized spacial score (nSPS) is 19.0. The van der Waals surface area contributed by atoms with Gasteiger partial charge in [-0.3, -0.25) is 4.79 Å². The highest BCUT2D eigenvalue weighted by Crippen LogP contribution is 2.28. The number of anilines is 1. The lowest BCUT2D eigenvalue weighted by Gasteiger charge is -2.28. The Hall–Kier alpha value is -2.38. The largest absolute Gasteiger partial charge is 0.375 e. The van der Waals surface area contributed by atoms with E-state index in [2.05, 4.69) is 34.1 Å². The van der Waals surface area contributed by atoms with Gasteiger partial charge < -0.3 is 10.2 Å². The van der Waals surface area contributed by atoms with Crippen LogP contribution in [-0.4, -0.2) is 41.0 Å². The second kappa shape index (κ2) is 11.3. The van der Waals surface area contributed by atoms with Crippen molar-refractivity contribution in [1.82, 2.24) is 10.0 Å². The molecular weight excluding hydrogens is 410 g/mol. The zero-order chi connectivity index (χ0) is 22.1. The van der Waals surface area contributed by atoms with E-state index in [1.54, 1.807) is 30.3 Å². The molecule has 1 aliphatic carbocycles. The number of nitrogens with one attached hydrogen (secondary N) is 2. The van der Waals surface area contributed by atoms with E-state index >= 15 is 0 Å². The van der Waals surface area contributed by atoms with Gasteiger partial charge in [-0.25, -0.2) is 13.1 Å². The Morgan fingerprint density at radius 2 is 1.58 bits per heavy atom. The van der Waals surface area contributed by atoms with Crippen molar-refractivity contribution < 1.29 is 13.2 Å². The second-order valence-corrected chi connectivity index (χ2v) is 10.1. The molecule has 1 aliphatic rings. The summed E-state index contributed by atoms with van der Waals surface area (Å²) in [5.41, 5.74) is 1.18. The first-order chi connectivity index (χ1) is 15.0. The number of para-hydroxylation sites is 1. The predicted octanol–water partition coefficient (Wildman–Crippen LogP) is 3.41. The fraction of sp³-hybridized carbons (Fsp3) is 0.458. The third-order valence-corrected chi connectivity index (χ3v) is 7.44. The van der Waals surface area contributed by atoms with Crippen molar-refractivity contribution in [2.24, 2.45) is 11.8 Å². The molecule has 1 amide bonds. The van der Waals surface area contributed by atoms with Crippen LogP contribution in [0.5, 0.6) is 0 Å². The van der Waals surface area contributed by atoms with Crippen molar-refractivity contribution in [1.29, 1.82) is 0 Å². The fourth-order valence-electron chi connectivity index (χ4n) is 4.02. The van der Waals surface area contributed by atoms with Crippen LogP contribution in [0.25, 0.3) is 0 Å². The highest BCUT2D eigenvalue weighted by molar-refractivity contribution is 7.89. The molecule has 168 valence electrons. The summed E-state index contributed by atoms with van der Waals surface area (Å²) < 4.78 is 27.4. The van der Waals surface area contributed by atoms with E-state index in [1.807, 2.05) is 18.2 Å². The fourth-order valence-corrected chi connectivity index (χ4v) is 5.16. The summed E-state index contributed by atoms with van der Waals surface area (Å²) in [6.45, 7) is 1.99. The number of amides is 1. The van der Waals surface area contributed by atoms with Crippen LogP contribution in [0.1, 0.15) is 32.1 Å². The summed E-state index contributed by atoms with van der Waals surface area (Å²) in [5.74, 6) is 0.446. The summed E-state index contributed by atoms with van der Waals surface area (Å²) in [6.07, 6.45) is 4.26. The van der Waals surface area contributed by atoms with Gasteiger partial charge in [0.05, 0.1) is 4.90 Å². The molecular formula is C24H33N3O3S. The average Bonchev–Trinajstić information content (AvgIpc) is 2.82. The van der Waals surface area contributed by atoms with E-state index in [9.17, 15) is 13.2 Å². The Morgan fingerprint density at radius 1 is 0.968 bits per heavy atom. The van der Waals surface area contributed by atoms with Gasteiger partial charge in [0.1, 0.15) is 0 Å². The zero-order valence-electron chi connectivity index (χ0n) is 18.2. The van der Waals surface area contributed by atoms with Crippen LogP contribution >= 0.6 is 0 Å². The number of carbonyl (C=O) groups is 1. The second-order valence-electron chi connectivity index (χ2n) is 8.28. The Kier molecular flexibility index (Phi) is 8.49. The van der Waals surface area contributed by atoms with Crippen molar-refractivity contribution in [3.8, 4) is 0 Å². The van der Waals surface area contributed by atoms with Crippen LogP contribution in [0.15, 0.2) is 65.6 Å². The molecule has 7 heteroatoms. The summed E-state index contributed by atoms with van der Waals surface area (Å²) in [4.78, 5) is 15.0. The third-order valence-electron chi connectivity index (χ3n) is 6.00. The number of hydrogen-bond donors (Lipinski definition) is 2.